The Kier molecular flexibility index (Phi) is 48.9. The molecule has 0 saturated carbocycles. The van der Waals surface area contributed by atoms with Gasteiger partial charge in [-0.1, -0.05) is 118 Å². The third kappa shape index (κ3) is 43.2. The van der Waals surface area contributed by atoms with E-state index in [0.29, 0.717) is 89.3 Å². The summed E-state index contributed by atoms with van der Waals surface area (Å²) in [6, 6.07) is 31.7. The van der Waals surface area contributed by atoms with Crippen molar-refractivity contribution < 1.29 is 19.1 Å². The van der Waals surface area contributed by atoms with Gasteiger partial charge in [-0.05, 0) is 180 Å². The van der Waals surface area contributed by atoms with Crippen molar-refractivity contribution in [1.82, 2.24) is 81.2 Å². The van der Waals surface area contributed by atoms with Crippen LogP contribution >= 0.6 is 34.8 Å². The summed E-state index contributed by atoms with van der Waals surface area (Å²) in [6.07, 6.45) is 8.66. The van der Waals surface area contributed by atoms with Crippen molar-refractivity contribution in [2.45, 2.75) is 138 Å². The number of benzene rings is 4. The summed E-state index contributed by atoms with van der Waals surface area (Å²) in [7, 11) is 2.09. The Bertz CT molecular complexity index is 3720. The van der Waals surface area contributed by atoms with E-state index in [4.69, 9.17) is 95.9 Å². The van der Waals surface area contributed by atoms with Gasteiger partial charge in [-0.3, -0.25) is 20.5 Å². The van der Waals surface area contributed by atoms with E-state index in [1.807, 2.05) is 139 Å². The predicted octanol–water partition coefficient (Wildman–Crippen LogP) is 8.69. The number of anilines is 5. The molecule has 0 aliphatic carbocycles. The number of unbranched alkanes of at least 4 members (excludes halogenated alkanes) is 4. The number of nitrogens with two attached hydrogens (primary N) is 9. The van der Waals surface area contributed by atoms with Crippen molar-refractivity contribution in [1.29, 1.82) is 0 Å². The first kappa shape index (κ1) is 98.2. The molecule has 25 N–H and O–H groups in total. The molecule has 626 valence electrons. The topological polar surface area (TPSA) is 509 Å². The van der Waals surface area contributed by atoms with E-state index in [0.717, 1.165) is 152 Å². The zero-order valence-electron chi connectivity index (χ0n) is 67.9. The Morgan fingerprint density at radius 1 is 0.478 bits per heavy atom. The SMILES string of the molecule is CC(C)(C)OC(=O)NCCN(CCNC(=O)OC(C)(C)C)CCNc1nc(N)nc(NCCCCN)n1.CCCCCNC1N=C(N)NC(=NCCN(CCC)CCN)N1.CCCN(C)CCN.Clc1c2ccccc2nc2ccccc12.NCCCCN.Nc1c2ccccc2nc2ccccc12.Nc1nc(Cl)nc(Cl)n1. The fourth-order valence-electron chi connectivity index (χ4n) is 10.4. The standard InChI is InChI=1S/C23H46N10O4.C15H34N8.C13H8ClN.C13H10N2.C6H16N2.C4H12N2.C3H2Cl2N4/c1-22(2,3)36-20(34)28-12-15-33(16-13-29-21(35)37-23(4,5)6)14-11-27-19-31-17(25)30-18(32-19)26-10-8-7-9-24;1-3-5-6-8-18-14-20-13(17)21-15(22-14)19-9-12-23(10-4-2)11-7-16;2*14-13-9-5-1-3-7-11(9)15-12-8-4-2-6-10(12)13;1-3-5-8(2)6-4-7;5-3-1-2-4-6;4-1-7-2(5)9-3(6)8-1/h7-16,24H2,1-6H3,(H,28,34)(H,29,35)(H4,25,26,27,30,31,32);14,18H,3-12,16H2,1-2H3,(H4,17,19,20,21,22);1-8H;1-8H,(H2,14,15);3-7H2,1-2H3;1-6H2;(H2,6,7,8,9). The van der Waals surface area contributed by atoms with Crippen LogP contribution in [0.5, 0.6) is 0 Å². The second kappa shape index (κ2) is 56.3. The number of halogens is 3. The maximum atomic E-state index is 12.0. The Morgan fingerprint density at radius 2 is 0.912 bits per heavy atom. The number of pyridine rings is 2. The van der Waals surface area contributed by atoms with Crippen LogP contribution in [0.25, 0.3) is 43.6 Å². The van der Waals surface area contributed by atoms with Gasteiger partial charge in [0.2, 0.25) is 40.3 Å². The van der Waals surface area contributed by atoms with E-state index < -0.39 is 23.4 Å². The molecule has 4 aromatic heterocycles. The third-order valence-corrected chi connectivity index (χ3v) is 16.3. The number of guanidine groups is 2. The Balaban J connectivity index is 0.000000371. The smallest absolute Gasteiger partial charge is 0.407 e. The highest BCUT2D eigenvalue weighted by molar-refractivity contribution is 6.40. The average Bonchev–Trinajstić information content (AvgIpc) is 0.791. The van der Waals surface area contributed by atoms with E-state index in [-0.39, 0.29) is 28.8 Å². The van der Waals surface area contributed by atoms with Gasteiger partial charge in [-0.15, -0.1) is 0 Å². The number of carbonyl (C=O) groups excluding carboxylic acids is 2. The molecule has 0 spiro atoms. The van der Waals surface area contributed by atoms with E-state index in [1.165, 1.54) is 19.3 Å². The van der Waals surface area contributed by atoms with Gasteiger partial charge in [0, 0.05) is 100 Å². The fourth-order valence-corrected chi connectivity index (χ4v) is 11.1. The molecule has 9 rings (SSSR count). The van der Waals surface area contributed by atoms with E-state index >= 15 is 0 Å². The molecule has 0 saturated heterocycles. The average molecular weight is 1630 g/mol. The van der Waals surface area contributed by atoms with Crippen LogP contribution in [0.15, 0.2) is 107 Å². The fraction of sp³-hybridized carbons (Fsp3) is 0.532. The first-order valence-corrected chi connectivity index (χ1v) is 39.7. The van der Waals surface area contributed by atoms with E-state index in [2.05, 4.69) is 130 Å². The number of carbonyl (C=O) groups is 2. The van der Waals surface area contributed by atoms with Crippen LogP contribution in [0.1, 0.15) is 120 Å². The van der Waals surface area contributed by atoms with Crippen LogP contribution in [-0.4, -0.2) is 228 Å². The van der Waals surface area contributed by atoms with Crippen molar-refractivity contribution in [2.24, 2.45) is 44.4 Å². The van der Waals surface area contributed by atoms with Gasteiger partial charge in [0.25, 0.3) is 0 Å². The molecule has 1 aliphatic heterocycles. The van der Waals surface area contributed by atoms with Gasteiger partial charge in [0.1, 0.15) is 11.2 Å². The molecule has 36 heteroatoms. The molecular formula is C77H128Cl3N29O4. The number of hydrogen-bond acceptors (Lipinski definition) is 29. The summed E-state index contributed by atoms with van der Waals surface area (Å²) in [6.45, 7) is 31.2. The van der Waals surface area contributed by atoms with Gasteiger partial charge in [0.15, 0.2) is 12.2 Å². The van der Waals surface area contributed by atoms with Crippen LogP contribution in [0.4, 0.5) is 39.1 Å². The maximum Gasteiger partial charge on any atom is 0.407 e. The summed E-state index contributed by atoms with van der Waals surface area (Å²) in [4.78, 5) is 71.5. The minimum Gasteiger partial charge on any atom is -0.444 e. The number of nitrogen functional groups attached to an aromatic ring is 3. The molecule has 0 bridgehead atoms. The number of rotatable bonds is 34. The molecule has 2 amide bonds. The third-order valence-electron chi connectivity index (χ3n) is 15.6. The second-order valence-electron chi connectivity index (χ2n) is 27.7. The van der Waals surface area contributed by atoms with Gasteiger partial charge >= 0.3 is 12.2 Å². The number of amides is 2. The molecule has 1 unspecified atom stereocenters. The van der Waals surface area contributed by atoms with Crippen molar-refractivity contribution in [3.63, 3.8) is 0 Å². The Morgan fingerprint density at radius 3 is 1.37 bits per heavy atom. The molecule has 5 heterocycles. The first-order valence-electron chi connectivity index (χ1n) is 38.6. The molecule has 0 fully saturated rings. The number of para-hydroxylation sites is 4. The van der Waals surface area contributed by atoms with Crippen LogP contribution in [0.3, 0.4) is 0 Å². The number of aromatic nitrogens is 8. The monoisotopic (exact) mass is 1630 g/mol. The van der Waals surface area contributed by atoms with Gasteiger partial charge in [-0.25, -0.2) is 24.5 Å². The van der Waals surface area contributed by atoms with Gasteiger partial charge in [-0.2, -0.15) is 29.9 Å². The predicted molar refractivity (Wildman–Crippen MR) is 468 cm³/mol. The lowest BCUT2D eigenvalue weighted by Gasteiger charge is -2.25. The van der Waals surface area contributed by atoms with E-state index in [9.17, 15) is 9.59 Å². The summed E-state index contributed by atoms with van der Waals surface area (Å²) in [5, 5.41) is 26.2. The number of likely N-dealkylation sites (N-methyl/N-ethyl adjacent to an activating group) is 1. The van der Waals surface area contributed by atoms with Gasteiger partial charge in [0.05, 0.1) is 39.3 Å². The minimum atomic E-state index is -0.574. The number of nitrogens with zero attached hydrogens (tertiary/aromatic N) is 13. The molecule has 1 atom stereocenters. The summed E-state index contributed by atoms with van der Waals surface area (Å²) in [5.41, 5.74) is 53.1. The number of nitrogens with one attached hydrogen (secondary N) is 7. The van der Waals surface area contributed by atoms with E-state index in [1.54, 1.807) is 0 Å². The number of fused-ring (bicyclic) bond motifs is 4. The summed E-state index contributed by atoms with van der Waals surface area (Å²) < 4.78 is 10.6. The minimum absolute atomic E-state index is 0.00694. The lowest BCUT2D eigenvalue weighted by molar-refractivity contribution is 0.0520. The molecule has 113 heavy (non-hydrogen) atoms. The van der Waals surface area contributed by atoms with Gasteiger partial charge < -0.3 is 97.5 Å². The highest BCUT2D eigenvalue weighted by atomic mass is 35.5. The normalized spacial score (nSPS) is 12.7. The highest BCUT2D eigenvalue weighted by Crippen LogP contribution is 2.30. The number of ether oxygens (including phenoxy) is 2. The zero-order chi connectivity index (χ0) is 83.4. The number of alkyl carbamates (subject to hydrolysis) is 2. The second-order valence-corrected chi connectivity index (χ2v) is 28.8. The molecule has 4 aromatic carbocycles. The highest BCUT2D eigenvalue weighted by Gasteiger charge is 2.20. The van der Waals surface area contributed by atoms with Crippen molar-refractivity contribution in [3.8, 4) is 0 Å². The lowest BCUT2D eigenvalue weighted by atomic mass is 10.1. The molecule has 0 radical (unpaired) electrons. The maximum absolute atomic E-state index is 12.0. The molecule has 8 aromatic rings. The molecule has 33 nitrogen and oxygen atoms in total. The van der Waals surface area contributed by atoms with Crippen LogP contribution in [-0.2, 0) is 9.47 Å². The summed E-state index contributed by atoms with van der Waals surface area (Å²) >= 11 is 17.0. The lowest BCUT2D eigenvalue weighted by Crippen LogP contribution is -2.58. The van der Waals surface area contributed by atoms with Crippen LogP contribution in [0, 0.1) is 0 Å². The Hall–Kier alpha value is -8.97. The largest absolute Gasteiger partial charge is 0.444 e. The van der Waals surface area contributed by atoms with Crippen molar-refractivity contribution >= 4 is 132 Å². The summed E-state index contributed by atoms with van der Waals surface area (Å²) in [5.74, 6) is 1.95. The molecular weight excluding hydrogens is 1500 g/mol. The van der Waals surface area contributed by atoms with Crippen LogP contribution < -0.4 is 88.8 Å². The van der Waals surface area contributed by atoms with Crippen molar-refractivity contribution in [2.75, 3.05) is 159 Å². The quantitative estimate of drug-likeness (QED) is 0.0132. The number of hydrogen-bond donors (Lipinski definition) is 16. The van der Waals surface area contributed by atoms with Crippen LogP contribution in [0.2, 0.25) is 15.6 Å². The molecule has 1 aliphatic rings. The first-order chi connectivity index (χ1) is 54.1. The Labute approximate surface area is 682 Å². The van der Waals surface area contributed by atoms with Crippen molar-refractivity contribution in [3.05, 3.63) is 113 Å². The zero-order valence-corrected chi connectivity index (χ0v) is 70.2. The number of aliphatic imine (C=N–C) groups is 2.